The fraction of sp³-hybridized carbons (Fsp3) is 0.844. The van der Waals surface area contributed by atoms with Gasteiger partial charge < -0.3 is 35.4 Å². The molecule has 0 unspecified atom stereocenters. The zero-order valence-electron chi connectivity index (χ0n) is 40.5. The van der Waals surface area contributed by atoms with Crippen molar-refractivity contribution in [1.29, 1.82) is 0 Å². The second kappa shape index (κ2) is 31.3. The molecular weight excluding hydrogens is 789 g/mol. The molecule has 0 heterocycles. The number of aliphatic carboxylic acids is 1. The summed E-state index contributed by atoms with van der Waals surface area (Å²) in [7, 11) is -3.53. The molecule has 0 radical (unpaired) electrons. The maximum atomic E-state index is 11.9. The third-order valence-corrected chi connectivity index (χ3v) is 12.7. The van der Waals surface area contributed by atoms with Gasteiger partial charge in [0.25, 0.3) is 0 Å². The van der Waals surface area contributed by atoms with Gasteiger partial charge in [-0.1, -0.05) is 111 Å². The van der Waals surface area contributed by atoms with E-state index >= 15 is 0 Å². The maximum Gasteiger partial charge on any atom is 0.336 e. The SMILES string of the molecule is CC(C)C(=O)C[C@@H](C)C(=O)[O-].CC(C)CC(=O)[C@H](C)C[Si](O)(O)[C@H](C)CC(=O)C(C)C.CC(C)CC(=O)[C@H](C)N.CC(C)CC(=O)[C@H](C)NC(O)(O)[C@H](C)CC(=O)C(C)C. The number of carboxylic acid groups (broad SMARTS) is 1. The number of ketones is 6. The summed E-state index contributed by atoms with van der Waals surface area (Å²) in [6.07, 6.45) is 1.77. The normalized spacial score (nSPS) is 14.8. The molecule has 0 aromatic carbocycles. The van der Waals surface area contributed by atoms with Crippen molar-refractivity contribution in [3.63, 3.8) is 0 Å². The maximum absolute atomic E-state index is 11.9. The van der Waals surface area contributed by atoms with E-state index in [0.717, 1.165) is 0 Å². The third-order valence-electron chi connectivity index (χ3n) is 9.74. The smallest absolute Gasteiger partial charge is 0.336 e. The summed E-state index contributed by atoms with van der Waals surface area (Å²) < 4.78 is 0. The molecule has 0 spiro atoms. The molecular formula is C45H87N2O12Si-. The van der Waals surface area contributed by atoms with E-state index < -0.39 is 43.9 Å². The van der Waals surface area contributed by atoms with Crippen LogP contribution in [0.1, 0.15) is 163 Å². The summed E-state index contributed by atoms with van der Waals surface area (Å²) >= 11 is 0. The number of hydrogen-bond acceptors (Lipinski definition) is 14. The zero-order valence-corrected chi connectivity index (χ0v) is 41.5. The third kappa shape index (κ3) is 32.2. The Bertz CT molecular complexity index is 1240. The van der Waals surface area contributed by atoms with E-state index in [9.17, 15) is 58.5 Å². The van der Waals surface area contributed by atoms with Crippen LogP contribution in [0.3, 0.4) is 0 Å². The number of rotatable bonds is 25. The van der Waals surface area contributed by atoms with E-state index in [1.807, 2.05) is 55.4 Å². The van der Waals surface area contributed by atoms with E-state index in [2.05, 4.69) is 5.32 Å². The molecule has 0 rings (SSSR count). The van der Waals surface area contributed by atoms with Crippen LogP contribution in [0.15, 0.2) is 0 Å². The minimum Gasteiger partial charge on any atom is -0.550 e. The molecule has 0 aliphatic carbocycles. The molecule has 14 nitrogen and oxygen atoms in total. The van der Waals surface area contributed by atoms with Crippen LogP contribution >= 0.6 is 0 Å². The fourth-order valence-electron chi connectivity index (χ4n) is 5.08. The number of carbonyl (C=O) groups excluding carboxylic acids is 7. The lowest BCUT2D eigenvalue weighted by Gasteiger charge is -2.32. The minimum atomic E-state index is -3.53. The van der Waals surface area contributed by atoms with Crippen molar-refractivity contribution >= 4 is 49.2 Å². The first-order valence-electron chi connectivity index (χ1n) is 21.7. The van der Waals surface area contributed by atoms with Crippen molar-refractivity contribution in [3.05, 3.63) is 0 Å². The Hall–Kier alpha value is -2.53. The van der Waals surface area contributed by atoms with Gasteiger partial charge in [0.15, 0.2) is 0 Å². The number of Topliss-reactive ketones (excluding diaryl/α,β-unsaturated/α-hetero) is 6. The Labute approximate surface area is 363 Å². The van der Waals surface area contributed by atoms with Gasteiger partial charge in [0.05, 0.1) is 12.1 Å². The van der Waals surface area contributed by atoms with Crippen LogP contribution in [0.4, 0.5) is 0 Å². The summed E-state index contributed by atoms with van der Waals surface area (Å²) in [6.45, 7) is 32.3. The number of hydrogen-bond donors (Lipinski definition) is 6. The molecule has 0 fully saturated rings. The summed E-state index contributed by atoms with van der Waals surface area (Å²) in [4.78, 5) is 99.6. The molecule has 0 saturated heterocycles. The Balaban J connectivity index is -0.000000367. The molecule has 6 atom stereocenters. The highest BCUT2D eigenvalue weighted by molar-refractivity contribution is 6.66. The molecule has 15 heteroatoms. The van der Waals surface area contributed by atoms with E-state index in [0.29, 0.717) is 25.2 Å². The highest BCUT2D eigenvalue weighted by atomic mass is 28.4. The Morgan fingerprint density at radius 2 is 0.867 bits per heavy atom. The van der Waals surface area contributed by atoms with Crippen LogP contribution in [0.25, 0.3) is 0 Å². The minimum absolute atomic E-state index is 0.0262. The van der Waals surface area contributed by atoms with Crippen LogP contribution in [0, 0.1) is 53.3 Å². The van der Waals surface area contributed by atoms with Gasteiger partial charge >= 0.3 is 8.56 Å². The van der Waals surface area contributed by atoms with Gasteiger partial charge in [0, 0.05) is 91.6 Å². The van der Waals surface area contributed by atoms with Gasteiger partial charge in [-0.15, -0.1) is 0 Å². The van der Waals surface area contributed by atoms with E-state index in [-0.39, 0.29) is 102 Å². The fourth-order valence-corrected chi connectivity index (χ4v) is 7.14. The second-order valence-electron chi connectivity index (χ2n) is 19.1. The van der Waals surface area contributed by atoms with Gasteiger partial charge in [0.1, 0.15) is 34.7 Å². The van der Waals surface area contributed by atoms with Gasteiger partial charge in [-0.25, -0.2) is 0 Å². The molecule has 60 heavy (non-hydrogen) atoms. The van der Waals surface area contributed by atoms with E-state index in [1.54, 1.807) is 62.3 Å². The molecule has 354 valence electrons. The molecule has 0 aliphatic heterocycles. The largest absolute Gasteiger partial charge is 0.550 e. The van der Waals surface area contributed by atoms with Crippen molar-refractivity contribution < 1.29 is 58.5 Å². The standard InChI is InChI=1S/C15H29NO4.C15H30O4Si.C8H14O3.C7H15NO/c1-9(2)7-14(18)12(6)16-15(19,20)11(5)8-13(17)10(3)4;1-10(2)7-15(17)12(5)9-20(18,19)13(6)8-14(16)11(3)4;1-5(2)7(9)4-6(3)8(10)11;1-5(2)4-7(9)6(3)8/h9-12,16,19-20H,7-8H2,1-6H3;10-13,18-19H,7-9H2,1-6H3;5-6H,4H2,1-3H3,(H,10,11);5-6H,4,8H2,1-3H3/p-1/t11-,12+;12-,13-;2*6-/m1110/s1. The number of aliphatic hydroxyl groups is 2. The first-order valence-corrected chi connectivity index (χ1v) is 23.9. The lowest BCUT2D eigenvalue weighted by Crippen LogP contribution is -2.56. The number of nitrogens with two attached hydrogens (primary N) is 1. The van der Waals surface area contributed by atoms with Gasteiger partial charge in [0.2, 0.25) is 5.91 Å². The van der Waals surface area contributed by atoms with E-state index in [4.69, 9.17) is 5.73 Å². The highest BCUT2D eigenvalue weighted by Gasteiger charge is 2.40. The molecule has 7 N–H and O–H groups in total. The predicted molar refractivity (Wildman–Crippen MR) is 237 cm³/mol. The zero-order chi connectivity index (χ0) is 48.6. The summed E-state index contributed by atoms with van der Waals surface area (Å²) in [5.41, 5.74) is 4.90. The van der Waals surface area contributed by atoms with Crippen molar-refractivity contribution in [2.24, 2.45) is 59.0 Å². The summed E-state index contributed by atoms with van der Waals surface area (Å²) in [5, 5.41) is 32.7. The quantitative estimate of drug-likeness (QED) is 0.0517. The van der Waals surface area contributed by atoms with Gasteiger partial charge in [-0.2, -0.15) is 0 Å². The molecule has 0 aromatic heterocycles. The van der Waals surface area contributed by atoms with Crippen LogP contribution in [-0.2, 0) is 33.6 Å². The molecule has 0 amide bonds. The average Bonchev–Trinajstić information content (AvgIpc) is 3.07. The molecule has 0 aromatic rings. The first-order chi connectivity index (χ1) is 26.9. The Kier molecular flexibility index (Phi) is 33.5. The van der Waals surface area contributed by atoms with E-state index in [1.165, 1.54) is 6.92 Å². The monoisotopic (exact) mass is 876 g/mol. The van der Waals surface area contributed by atoms with Gasteiger partial charge in [-0.3, -0.25) is 34.1 Å². The van der Waals surface area contributed by atoms with Crippen molar-refractivity contribution in [1.82, 2.24) is 5.32 Å². The van der Waals surface area contributed by atoms with Gasteiger partial charge in [-0.05, 0) is 31.6 Å². The number of nitrogens with one attached hydrogen (secondary N) is 1. The molecule has 0 aliphatic rings. The summed E-state index contributed by atoms with van der Waals surface area (Å²) in [6, 6.07) is -0.832. The molecule has 0 saturated carbocycles. The Morgan fingerprint density at radius 3 is 1.20 bits per heavy atom. The van der Waals surface area contributed by atoms with Crippen molar-refractivity contribution in [2.45, 2.75) is 193 Å². The number of carboxylic acids is 1. The van der Waals surface area contributed by atoms with Crippen LogP contribution < -0.4 is 16.2 Å². The Morgan fingerprint density at radius 1 is 0.517 bits per heavy atom. The highest BCUT2D eigenvalue weighted by Crippen LogP contribution is 2.29. The summed E-state index contributed by atoms with van der Waals surface area (Å²) in [5.74, 6) is -4.34. The lowest BCUT2D eigenvalue weighted by molar-refractivity contribution is -0.311. The van der Waals surface area contributed by atoms with Crippen LogP contribution in [0.5, 0.6) is 0 Å². The predicted octanol–water partition coefficient (Wildman–Crippen LogP) is 5.08. The van der Waals surface area contributed by atoms with Crippen molar-refractivity contribution in [2.75, 3.05) is 0 Å². The molecule has 0 bridgehead atoms. The van der Waals surface area contributed by atoms with Crippen molar-refractivity contribution in [3.8, 4) is 0 Å². The second-order valence-corrected chi connectivity index (χ2v) is 22.2. The number of carbonyl (C=O) groups is 7. The lowest BCUT2D eigenvalue weighted by atomic mass is 9.94. The first kappa shape index (κ1) is 64.1. The average molecular weight is 876 g/mol. The topological polar surface area (TPSA) is 262 Å². The van der Waals surface area contributed by atoms with Crippen LogP contribution in [-0.4, -0.2) is 87.0 Å². The van der Waals surface area contributed by atoms with Crippen LogP contribution in [0.2, 0.25) is 11.6 Å².